The van der Waals surface area contributed by atoms with Gasteiger partial charge in [-0.3, -0.25) is 19.1 Å². The number of aryl methyl sites for hydroxylation is 2. The topological polar surface area (TPSA) is 81.2 Å². The summed E-state index contributed by atoms with van der Waals surface area (Å²) in [4.78, 5) is 40.8. The van der Waals surface area contributed by atoms with Crippen molar-refractivity contribution in [3.8, 4) is 5.75 Å². The zero-order chi connectivity index (χ0) is 21.1. The van der Waals surface area contributed by atoms with Crippen LogP contribution in [0.5, 0.6) is 5.75 Å². The number of nitrogens with one attached hydrogen (secondary N) is 1. The van der Waals surface area contributed by atoms with Gasteiger partial charge < -0.3 is 4.74 Å². The first-order valence-corrected chi connectivity index (χ1v) is 9.46. The molecule has 0 saturated carbocycles. The molecule has 0 aliphatic carbocycles. The Morgan fingerprint density at radius 3 is 2.21 bits per heavy atom. The predicted octanol–water partition coefficient (Wildman–Crippen LogP) is 3.00. The Kier molecular flexibility index (Phi) is 5.82. The summed E-state index contributed by atoms with van der Waals surface area (Å²) in [5.41, 5.74) is 2.50. The fourth-order valence-corrected chi connectivity index (χ4v) is 3.51. The molecule has 0 bridgehead atoms. The largest absolute Gasteiger partial charge is 0.497 e. The minimum absolute atomic E-state index is 0.141. The maximum atomic E-state index is 13.4. The Morgan fingerprint density at radius 1 is 1.03 bits per heavy atom. The monoisotopic (exact) mass is 392 g/mol. The van der Waals surface area contributed by atoms with Crippen LogP contribution in [-0.2, 0) is 13.0 Å². The summed E-state index contributed by atoms with van der Waals surface area (Å²) < 4.78 is 6.52. The molecular weight excluding hydrogens is 368 g/mol. The van der Waals surface area contributed by atoms with Crippen LogP contribution >= 0.6 is 0 Å². The average molecular weight is 392 g/mol. The van der Waals surface area contributed by atoms with Crippen LogP contribution in [0, 0.1) is 13.8 Å². The van der Waals surface area contributed by atoms with Crippen LogP contribution in [0.25, 0.3) is 0 Å². The van der Waals surface area contributed by atoms with Gasteiger partial charge in [-0.15, -0.1) is 0 Å². The van der Waals surface area contributed by atoms with Gasteiger partial charge in [-0.1, -0.05) is 36.2 Å². The Hall–Kier alpha value is -3.41. The lowest BCUT2D eigenvalue weighted by Crippen LogP contribution is -2.37. The molecule has 29 heavy (non-hydrogen) atoms. The molecule has 0 aliphatic heterocycles. The van der Waals surface area contributed by atoms with E-state index in [4.69, 9.17) is 4.74 Å². The van der Waals surface area contributed by atoms with Crippen molar-refractivity contribution in [3.63, 3.8) is 0 Å². The quantitative estimate of drug-likeness (QED) is 0.654. The van der Waals surface area contributed by atoms with E-state index in [9.17, 15) is 14.4 Å². The minimum Gasteiger partial charge on any atom is -0.497 e. The number of nitrogens with zero attached hydrogens (tertiary/aromatic N) is 1. The van der Waals surface area contributed by atoms with Gasteiger partial charge in [-0.25, -0.2) is 4.79 Å². The van der Waals surface area contributed by atoms with Crippen molar-refractivity contribution in [1.82, 2.24) is 9.55 Å². The SMILES string of the molecule is CCc1c(C(=O)c2cc(C)cc(C)c2)n(Cc2ccc(OC)cc2)c(=O)[nH]c1=O. The second kappa shape index (κ2) is 8.31. The van der Waals surface area contributed by atoms with Gasteiger partial charge in [0.15, 0.2) is 0 Å². The zero-order valence-electron chi connectivity index (χ0n) is 17.0. The third-order valence-electron chi connectivity index (χ3n) is 4.85. The number of H-pyrrole nitrogens is 1. The highest BCUT2D eigenvalue weighted by molar-refractivity contribution is 6.09. The maximum Gasteiger partial charge on any atom is 0.329 e. The van der Waals surface area contributed by atoms with E-state index in [1.54, 1.807) is 38.3 Å². The highest BCUT2D eigenvalue weighted by atomic mass is 16.5. The van der Waals surface area contributed by atoms with Crippen molar-refractivity contribution in [1.29, 1.82) is 0 Å². The zero-order valence-corrected chi connectivity index (χ0v) is 17.0. The van der Waals surface area contributed by atoms with Gasteiger partial charge in [-0.05, 0) is 50.1 Å². The van der Waals surface area contributed by atoms with Crippen LogP contribution in [0.15, 0.2) is 52.1 Å². The highest BCUT2D eigenvalue weighted by Crippen LogP contribution is 2.17. The van der Waals surface area contributed by atoms with Crippen molar-refractivity contribution in [2.45, 2.75) is 33.7 Å². The fourth-order valence-electron chi connectivity index (χ4n) is 3.51. The summed E-state index contributed by atoms with van der Waals surface area (Å²) in [6, 6.07) is 12.8. The molecule has 1 heterocycles. The smallest absolute Gasteiger partial charge is 0.329 e. The molecule has 0 amide bonds. The predicted molar refractivity (Wildman–Crippen MR) is 112 cm³/mol. The standard InChI is InChI=1S/C23H24N2O4/c1-5-19-20(21(26)17-11-14(2)10-15(3)12-17)25(23(28)24-22(19)27)13-16-6-8-18(29-4)9-7-16/h6-12H,5,13H2,1-4H3,(H,24,27,28). The van der Waals surface area contributed by atoms with Crippen LogP contribution in [0.4, 0.5) is 0 Å². The van der Waals surface area contributed by atoms with E-state index in [-0.39, 0.29) is 18.0 Å². The van der Waals surface area contributed by atoms with Gasteiger partial charge in [0.1, 0.15) is 11.4 Å². The number of ether oxygens (including phenoxy) is 1. The van der Waals surface area contributed by atoms with Gasteiger partial charge in [0.05, 0.1) is 13.7 Å². The second-order valence-electron chi connectivity index (χ2n) is 7.08. The lowest BCUT2D eigenvalue weighted by molar-refractivity contribution is 0.102. The fraction of sp³-hybridized carbons (Fsp3) is 0.261. The molecule has 0 atom stereocenters. The number of hydrogen-bond acceptors (Lipinski definition) is 4. The number of rotatable bonds is 6. The van der Waals surface area contributed by atoms with E-state index in [2.05, 4.69) is 4.98 Å². The molecule has 6 nitrogen and oxygen atoms in total. The maximum absolute atomic E-state index is 13.4. The molecule has 6 heteroatoms. The van der Waals surface area contributed by atoms with Crippen LogP contribution in [0.1, 0.15) is 45.2 Å². The molecule has 1 N–H and O–H groups in total. The average Bonchev–Trinajstić information content (AvgIpc) is 2.69. The Labute approximate surface area is 168 Å². The van der Waals surface area contributed by atoms with E-state index in [1.165, 1.54) is 4.57 Å². The Balaban J connectivity index is 2.19. The van der Waals surface area contributed by atoms with Crippen LogP contribution in [0.2, 0.25) is 0 Å². The van der Waals surface area contributed by atoms with Crippen LogP contribution in [-0.4, -0.2) is 22.4 Å². The van der Waals surface area contributed by atoms with Crippen molar-refractivity contribution < 1.29 is 9.53 Å². The third kappa shape index (κ3) is 4.21. The van der Waals surface area contributed by atoms with Crippen LogP contribution < -0.4 is 16.0 Å². The van der Waals surface area contributed by atoms with E-state index in [1.807, 2.05) is 32.0 Å². The highest BCUT2D eigenvalue weighted by Gasteiger charge is 2.22. The summed E-state index contributed by atoms with van der Waals surface area (Å²) in [5, 5.41) is 0. The molecule has 3 rings (SSSR count). The van der Waals surface area contributed by atoms with Gasteiger partial charge in [0, 0.05) is 11.1 Å². The molecule has 0 spiro atoms. The number of carbonyl (C=O) groups excluding carboxylic acids is 1. The molecule has 0 fully saturated rings. The Morgan fingerprint density at radius 2 is 1.66 bits per heavy atom. The summed E-state index contributed by atoms with van der Waals surface area (Å²) in [7, 11) is 1.58. The van der Waals surface area contributed by atoms with E-state index >= 15 is 0 Å². The van der Waals surface area contributed by atoms with Gasteiger partial charge in [0.25, 0.3) is 5.56 Å². The number of ketones is 1. The molecule has 1 aromatic heterocycles. The molecule has 150 valence electrons. The first-order valence-electron chi connectivity index (χ1n) is 9.46. The molecule has 3 aromatic rings. The van der Waals surface area contributed by atoms with Gasteiger partial charge in [-0.2, -0.15) is 0 Å². The number of aromatic amines is 1. The number of carbonyl (C=O) groups is 1. The van der Waals surface area contributed by atoms with E-state index in [0.29, 0.717) is 23.3 Å². The number of methoxy groups -OCH3 is 1. The lowest BCUT2D eigenvalue weighted by atomic mass is 9.99. The molecular formula is C23H24N2O4. The Bertz CT molecular complexity index is 1150. The molecule has 0 unspecified atom stereocenters. The molecule has 2 aromatic carbocycles. The van der Waals surface area contributed by atoms with Crippen molar-refractivity contribution >= 4 is 5.78 Å². The summed E-state index contributed by atoms with van der Waals surface area (Å²) in [5.74, 6) is 0.369. The van der Waals surface area contributed by atoms with E-state index < -0.39 is 11.2 Å². The second-order valence-corrected chi connectivity index (χ2v) is 7.08. The number of benzene rings is 2. The van der Waals surface area contributed by atoms with Crippen molar-refractivity contribution in [2.24, 2.45) is 0 Å². The minimum atomic E-state index is -0.601. The summed E-state index contributed by atoms with van der Waals surface area (Å²) in [6.07, 6.45) is 0.337. The molecule has 0 saturated heterocycles. The van der Waals surface area contributed by atoms with Gasteiger partial charge in [0.2, 0.25) is 5.78 Å². The third-order valence-corrected chi connectivity index (χ3v) is 4.85. The lowest BCUT2D eigenvalue weighted by Gasteiger charge is -2.16. The molecule has 0 aliphatic rings. The molecule has 0 radical (unpaired) electrons. The normalized spacial score (nSPS) is 10.8. The first kappa shape index (κ1) is 20.3. The summed E-state index contributed by atoms with van der Waals surface area (Å²) >= 11 is 0. The summed E-state index contributed by atoms with van der Waals surface area (Å²) in [6.45, 7) is 5.78. The van der Waals surface area contributed by atoms with Crippen molar-refractivity contribution in [3.05, 3.63) is 96.8 Å². The van der Waals surface area contributed by atoms with Crippen LogP contribution in [0.3, 0.4) is 0 Å². The van der Waals surface area contributed by atoms with E-state index in [0.717, 1.165) is 16.7 Å². The number of aromatic nitrogens is 2. The number of hydrogen-bond donors (Lipinski definition) is 1. The van der Waals surface area contributed by atoms with Gasteiger partial charge >= 0.3 is 5.69 Å². The van der Waals surface area contributed by atoms with Crippen molar-refractivity contribution in [2.75, 3.05) is 7.11 Å². The first-order chi connectivity index (χ1) is 13.8.